The van der Waals surface area contributed by atoms with Crippen molar-refractivity contribution in [2.45, 2.75) is 12.5 Å². The fourth-order valence-corrected chi connectivity index (χ4v) is 2.62. The van der Waals surface area contributed by atoms with Crippen LogP contribution in [0.3, 0.4) is 0 Å². The van der Waals surface area contributed by atoms with Crippen LogP contribution in [0.1, 0.15) is 6.92 Å². The van der Waals surface area contributed by atoms with Gasteiger partial charge in [-0.1, -0.05) is 0 Å². The Morgan fingerprint density at radius 3 is 2.52 bits per heavy atom. The lowest BCUT2D eigenvalue weighted by Crippen LogP contribution is -2.39. The van der Waals surface area contributed by atoms with Gasteiger partial charge in [0.25, 0.3) is 0 Å². The van der Waals surface area contributed by atoms with Crippen LogP contribution in [-0.2, 0) is 0 Å². The number of hydrogen-bond acceptors (Lipinski definition) is 4. The summed E-state index contributed by atoms with van der Waals surface area (Å²) >= 11 is 12.0. The van der Waals surface area contributed by atoms with Gasteiger partial charge >= 0.3 is 0 Å². The van der Waals surface area contributed by atoms with Crippen molar-refractivity contribution in [3.63, 3.8) is 0 Å². The van der Waals surface area contributed by atoms with Crippen molar-refractivity contribution in [1.82, 2.24) is 4.98 Å². The zero-order chi connectivity index (χ0) is 14.9. The van der Waals surface area contributed by atoms with Crippen LogP contribution in [0.25, 0.3) is 10.8 Å². The highest BCUT2D eigenvalue weighted by Gasteiger charge is 2.24. The zero-order valence-electron chi connectivity index (χ0n) is 11.7. The molecule has 112 valence electrons. The third-order valence-electron chi connectivity index (χ3n) is 3.44. The van der Waals surface area contributed by atoms with Gasteiger partial charge in [0.1, 0.15) is 19.0 Å². The Hall–Kier alpha value is -1.39. The van der Waals surface area contributed by atoms with E-state index in [9.17, 15) is 0 Å². The fraction of sp³-hybridized carbons (Fsp3) is 0.400. The minimum atomic E-state index is -0.419. The van der Waals surface area contributed by atoms with E-state index in [0.717, 1.165) is 28.1 Å². The molecule has 6 heteroatoms. The summed E-state index contributed by atoms with van der Waals surface area (Å²) in [6.45, 7) is 3.10. The van der Waals surface area contributed by atoms with Crippen LogP contribution in [-0.4, -0.2) is 35.5 Å². The molecule has 4 nitrogen and oxygen atoms in total. The van der Waals surface area contributed by atoms with E-state index in [1.807, 2.05) is 25.1 Å². The van der Waals surface area contributed by atoms with E-state index >= 15 is 0 Å². The van der Waals surface area contributed by atoms with E-state index in [-0.39, 0.29) is 0 Å². The molecule has 1 aromatic heterocycles. The maximum absolute atomic E-state index is 6.01. The number of fused-ring (bicyclic) bond motifs is 2. The second kappa shape index (κ2) is 5.78. The normalized spacial score (nSPS) is 14.2. The molecule has 0 fully saturated rings. The van der Waals surface area contributed by atoms with E-state index in [2.05, 4.69) is 10.3 Å². The summed E-state index contributed by atoms with van der Waals surface area (Å²) in [7, 11) is 0. The smallest absolute Gasteiger partial charge is 0.162 e. The monoisotopic (exact) mass is 326 g/mol. The summed E-state index contributed by atoms with van der Waals surface area (Å²) in [5.74, 6) is 3.03. The van der Waals surface area contributed by atoms with Crippen molar-refractivity contribution in [2.75, 3.05) is 30.3 Å². The van der Waals surface area contributed by atoms with E-state index in [4.69, 9.17) is 32.7 Å². The minimum Gasteiger partial charge on any atom is -0.486 e. The highest BCUT2D eigenvalue weighted by molar-refractivity contribution is 6.22. The number of anilines is 1. The molecule has 0 atom stereocenters. The molecule has 3 rings (SSSR count). The number of hydrogen-bond donors (Lipinski definition) is 1. The Labute approximate surface area is 133 Å². The fourth-order valence-electron chi connectivity index (χ4n) is 2.20. The van der Waals surface area contributed by atoms with Crippen LogP contribution >= 0.6 is 23.2 Å². The summed E-state index contributed by atoms with van der Waals surface area (Å²) < 4.78 is 11.2. The van der Waals surface area contributed by atoms with Crippen LogP contribution < -0.4 is 14.8 Å². The number of alkyl halides is 2. The molecule has 0 aliphatic carbocycles. The lowest BCUT2D eigenvalue weighted by molar-refractivity contribution is 0.172. The Morgan fingerprint density at radius 1 is 1.19 bits per heavy atom. The van der Waals surface area contributed by atoms with Gasteiger partial charge in [-0.05, 0) is 30.5 Å². The first-order chi connectivity index (χ1) is 10.1. The second-order valence-electron chi connectivity index (χ2n) is 5.33. The standard InChI is InChI=1S/C15H16Cl2N2O2/c1-15(8-16,9-17)19-14-11-7-13-12(20-4-5-21-13)6-10(11)2-3-18-14/h2-3,6-7H,4-5,8-9H2,1H3,(H,18,19). The first-order valence-electron chi connectivity index (χ1n) is 6.74. The van der Waals surface area contributed by atoms with Gasteiger partial charge in [0.05, 0.1) is 5.54 Å². The summed E-state index contributed by atoms with van der Waals surface area (Å²) in [5.41, 5.74) is -0.419. The molecule has 0 radical (unpaired) electrons. The van der Waals surface area contributed by atoms with Crippen LogP contribution in [0, 0.1) is 0 Å². The lowest BCUT2D eigenvalue weighted by Gasteiger charge is -2.27. The number of rotatable bonds is 4. The van der Waals surface area contributed by atoms with Crippen molar-refractivity contribution in [2.24, 2.45) is 0 Å². The Kier molecular flexibility index (Phi) is 4.00. The molecule has 1 aliphatic rings. The Balaban J connectivity index is 2.07. The molecule has 0 saturated heterocycles. The molecule has 0 amide bonds. The van der Waals surface area contributed by atoms with Crippen LogP contribution in [0.5, 0.6) is 11.5 Å². The molecule has 1 aromatic carbocycles. The van der Waals surface area contributed by atoms with Gasteiger partial charge in [-0.3, -0.25) is 0 Å². The lowest BCUT2D eigenvalue weighted by atomic mass is 10.1. The molecule has 0 spiro atoms. The molecule has 21 heavy (non-hydrogen) atoms. The van der Waals surface area contributed by atoms with E-state index in [1.165, 1.54) is 0 Å². The van der Waals surface area contributed by atoms with Crippen molar-refractivity contribution in [3.05, 3.63) is 24.4 Å². The summed E-state index contributed by atoms with van der Waals surface area (Å²) in [5, 5.41) is 5.33. The van der Waals surface area contributed by atoms with Crippen LogP contribution in [0.2, 0.25) is 0 Å². The molecule has 0 bridgehead atoms. The van der Waals surface area contributed by atoms with Crippen LogP contribution in [0.15, 0.2) is 24.4 Å². The average molecular weight is 327 g/mol. The van der Waals surface area contributed by atoms with Gasteiger partial charge in [-0.25, -0.2) is 4.98 Å². The molecule has 2 aromatic rings. The number of ether oxygens (including phenoxy) is 2. The Morgan fingerprint density at radius 2 is 1.86 bits per heavy atom. The summed E-state index contributed by atoms with van der Waals surface area (Å²) in [6, 6.07) is 5.86. The van der Waals surface area contributed by atoms with E-state index < -0.39 is 5.54 Å². The van der Waals surface area contributed by atoms with Gasteiger partial charge in [0.2, 0.25) is 0 Å². The van der Waals surface area contributed by atoms with Gasteiger partial charge in [0.15, 0.2) is 11.5 Å². The van der Waals surface area contributed by atoms with Gasteiger partial charge in [-0.2, -0.15) is 0 Å². The van der Waals surface area contributed by atoms with Crippen molar-refractivity contribution in [1.29, 1.82) is 0 Å². The first kappa shape index (κ1) is 14.5. The molecule has 2 heterocycles. The van der Waals surface area contributed by atoms with E-state index in [0.29, 0.717) is 25.0 Å². The maximum atomic E-state index is 6.01. The number of aromatic nitrogens is 1. The van der Waals surface area contributed by atoms with Gasteiger partial charge < -0.3 is 14.8 Å². The Bertz CT molecular complexity index is 659. The number of nitrogens with one attached hydrogen (secondary N) is 1. The maximum Gasteiger partial charge on any atom is 0.162 e. The predicted octanol–water partition coefficient (Wildman–Crippen LogP) is 3.65. The number of halogens is 2. The number of pyridine rings is 1. The molecule has 0 unspecified atom stereocenters. The summed E-state index contributed by atoms with van der Waals surface area (Å²) in [4.78, 5) is 4.41. The number of benzene rings is 1. The predicted molar refractivity (Wildman–Crippen MR) is 86.2 cm³/mol. The van der Waals surface area contributed by atoms with Crippen molar-refractivity contribution >= 4 is 39.8 Å². The number of nitrogens with zero attached hydrogens (tertiary/aromatic N) is 1. The van der Waals surface area contributed by atoms with Crippen LogP contribution in [0.4, 0.5) is 5.82 Å². The third kappa shape index (κ3) is 2.83. The van der Waals surface area contributed by atoms with Crippen molar-refractivity contribution < 1.29 is 9.47 Å². The minimum absolute atomic E-state index is 0.388. The highest BCUT2D eigenvalue weighted by Crippen LogP contribution is 2.37. The first-order valence-corrected chi connectivity index (χ1v) is 7.80. The molecule has 1 aliphatic heterocycles. The van der Waals surface area contributed by atoms with Gasteiger partial charge in [0, 0.05) is 23.3 Å². The molecular formula is C15H16Cl2N2O2. The molecule has 1 N–H and O–H groups in total. The second-order valence-corrected chi connectivity index (χ2v) is 5.86. The van der Waals surface area contributed by atoms with Gasteiger partial charge in [-0.15, -0.1) is 23.2 Å². The van der Waals surface area contributed by atoms with Crippen molar-refractivity contribution in [3.8, 4) is 11.5 Å². The third-order valence-corrected chi connectivity index (χ3v) is 4.62. The average Bonchev–Trinajstić information content (AvgIpc) is 2.53. The topological polar surface area (TPSA) is 43.4 Å². The zero-order valence-corrected chi connectivity index (χ0v) is 13.2. The summed E-state index contributed by atoms with van der Waals surface area (Å²) in [6.07, 6.45) is 1.75. The van der Waals surface area contributed by atoms with E-state index in [1.54, 1.807) is 6.20 Å². The molecular weight excluding hydrogens is 311 g/mol. The SMILES string of the molecule is CC(CCl)(CCl)Nc1nccc2cc3c(cc12)OCCO3. The molecule has 0 saturated carbocycles. The highest BCUT2D eigenvalue weighted by atomic mass is 35.5. The largest absolute Gasteiger partial charge is 0.486 e. The quantitative estimate of drug-likeness (QED) is 0.871.